The minimum absolute atomic E-state index is 0.0169. The van der Waals surface area contributed by atoms with E-state index in [0.717, 1.165) is 5.56 Å². The van der Waals surface area contributed by atoms with E-state index in [9.17, 15) is 9.18 Å². The van der Waals surface area contributed by atoms with Crippen LogP contribution in [0, 0.1) is 11.7 Å². The SMILES string of the molecule is O=C(O)[C@H]1C[C@H]1c1ccc(-c2ccc(F)cc2)o1. The third-order valence-electron chi connectivity index (χ3n) is 3.23. The Morgan fingerprint density at radius 2 is 1.94 bits per heavy atom. The summed E-state index contributed by atoms with van der Waals surface area (Å²) >= 11 is 0. The van der Waals surface area contributed by atoms with Crippen LogP contribution in [-0.4, -0.2) is 11.1 Å². The largest absolute Gasteiger partial charge is 0.481 e. The smallest absolute Gasteiger partial charge is 0.307 e. The highest BCUT2D eigenvalue weighted by atomic mass is 19.1. The third kappa shape index (κ3) is 1.90. The van der Waals surface area contributed by atoms with Gasteiger partial charge in [-0.15, -0.1) is 0 Å². The van der Waals surface area contributed by atoms with Gasteiger partial charge in [0.05, 0.1) is 5.92 Å². The number of aliphatic carboxylic acids is 1. The summed E-state index contributed by atoms with van der Waals surface area (Å²) in [6, 6.07) is 9.61. The molecule has 0 spiro atoms. The summed E-state index contributed by atoms with van der Waals surface area (Å²) < 4.78 is 18.4. The quantitative estimate of drug-likeness (QED) is 0.904. The number of benzene rings is 1. The van der Waals surface area contributed by atoms with Crippen molar-refractivity contribution in [2.45, 2.75) is 12.3 Å². The first-order valence-corrected chi connectivity index (χ1v) is 5.73. The molecule has 1 heterocycles. The summed E-state index contributed by atoms with van der Waals surface area (Å²) in [5, 5.41) is 8.86. The van der Waals surface area contributed by atoms with E-state index < -0.39 is 5.97 Å². The van der Waals surface area contributed by atoms with Gasteiger partial charge in [-0.3, -0.25) is 4.79 Å². The van der Waals surface area contributed by atoms with Crippen molar-refractivity contribution >= 4 is 5.97 Å². The molecule has 0 bridgehead atoms. The zero-order chi connectivity index (χ0) is 12.7. The second-order valence-electron chi connectivity index (χ2n) is 4.50. The highest BCUT2D eigenvalue weighted by molar-refractivity contribution is 5.75. The molecule has 92 valence electrons. The minimum Gasteiger partial charge on any atom is -0.481 e. The number of carbonyl (C=O) groups is 1. The summed E-state index contributed by atoms with van der Waals surface area (Å²) in [6.07, 6.45) is 0.631. The van der Waals surface area contributed by atoms with Crippen molar-refractivity contribution in [3.8, 4) is 11.3 Å². The number of halogens is 1. The lowest BCUT2D eigenvalue weighted by molar-refractivity contribution is -0.138. The summed E-state index contributed by atoms with van der Waals surface area (Å²) in [5.74, 6) is -0.0740. The van der Waals surface area contributed by atoms with E-state index >= 15 is 0 Å². The normalized spacial score (nSPS) is 21.8. The van der Waals surface area contributed by atoms with E-state index in [1.807, 2.05) is 0 Å². The van der Waals surface area contributed by atoms with Gasteiger partial charge in [-0.25, -0.2) is 4.39 Å². The Kier molecular flexibility index (Phi) is 2.44. The predicted molar refractivity (Wildman–Crippen MR) is 62.6 cm³/mol. The maximum atomic E-state index is 12.8. The molecule has 0 saturated heterocycles. The molecule has 0 unspecified atom stereocenters. The van der Waals surface area contributed by atoms with E-state index in [4.69, 9.17) is 9.52 Å². The van der Waals surface area contributed by atoms with E-state index in [1.165, 1.54) is 12.1 Å². The monoisotopic (exact) mass is 246 g/mol. The summed E-state index contributed by atoms with van der Waals surface area (Å²) in [4.78, 5) is 10.8. The Bertz CT molecular complexity index is 585. The fraction of sp³-hybridized carbons (Fsp3) is 0.214. The highest BCUT2D eigenvalue weighted by Crippen LogP contribution is 2.48. The average molecular weight is 246 g/mol. The second kappa shape index (κ2) is 3.98. The van der Waals surface area contributed by atoms with Crippen LogP contribution in [0.4, 0.5) is 4.39 Å². The molecule has 1 aliphatic carbocycles. The van der Waals surface area contributed by atoms with Crippen LogP contribution < -0.4 is 0 Å². The molecule has 2 aromatic rings. The molecule has 1 N–H and O–H groups in total. The van der Waals surface area contributed by atoms with Crippen molar-refractivity contribution in [3.63, 3.8) is 0 Å². The van der Waals surface area contributed by atoms with Crippen LogP contribution in [0.25, 0.3) is 11.3 Å². The highest BCUT2D eigenvalue weighted by Gasteiger charge is 2.46. The van der Waals surface area contributed by atoms with Gasteiger partial charge in [0, 0.05) is 11.5 Å². The number of hydrogen-bond acceptors (Lipinski definition) is 2. The van der Waals surface area contributed by atoms with Gasteiger partial charge in [-0.1, -0.05) is 0 Å². The fourth-order valence-corrected chi connectivity index (χ4v) is 2.10. The van der Waals surface area contributed by atoms with Gasteiger partial charge in [-0.2, -0.15) is 0 Å². The number of carboxylic acid groups (broad SMARTS) is 1. The number of furan rings is 1. The van der Waals surface area contributed by atoms with Crippen LogP contribution in [0.1, 0.15) is 18.1 Å². The Hall–Kier alpha value is -2.10. The van der Waals surface area contributed by atoms with Crippen molar-refractivity contribution in [1.82, 2.24) is 0 Å². The molecule has 1 fully saturated rings. The maximum absolute atomic E-state index is 12.8. The average Bonchev–Trinajstić information content (AvgIpc) is 3.02. The standard InChI is InChI=1S/C14H11FO3/c15-9-3-1-8(2-4-9)12-5-6-13(18-12)10-7-11(10)14(16)17/h1-6,10-11H,7H2,(H,16,17)/t10-,11+/m1/s1. The molecule has 3 nitrogen and oxygen atoms in total. The Morgan fingerprint density at radius 1 is 1.22 bits per heavy atom. The first-order chi connectivity index (χ1) is 8.65. The lowest BCUT2D eigenvalue weighted by Gasteiger charge is -1.97. The maximum Gasteiger partial charge on any atom is 0.307 e. The van der Waals surface area contributed by atoms with Gasteiger partial charge < -0.3 is 9.52 Å². The lowest BCUT2D eigenvalue weighted by atomic mass is 10.2. The third-order valence-corrected chi connectivity index (χ3v) is 3.23. The van der Waals surface area contributed by atoms with Crippen molar-refractivity contribution in [3.05, 3.63) is 48.0 Å². The van der Waals surface area contributed by atoms with Crippen molar-refractivity contribution in [1.29, 1.82) is 0 Å². The molecule has 3 rings (SSSR count). The Balaban J connectivity index is 1.82. The first-order valence-electron chi connectivity index (χ1n) is 5.73. The zero-order valence-electron chi connectivity index (χ0n) is 9.47. The Labute approximate surface area is 103 Å². The van der Waals surface area contributed by atoms with Gasteiger partial charge in [0.25, 0.3) is 0 Å². The molecule has 4 heteroatoms. The second-order valence-corrected chi connectivity index (χ2v) is 4.50. The molecular weight excluding hydrogens is 235 g/mol. The van der Waals surface area contributed by atoms with Gasteiger partial charge in [0.2, 0.25) is 0 Å². The van der Waals surface area contributed by atoms with Crippen LogP contribution >= 0.6 is 0 Å². The molecule has 2 atom stereocenters. The van der Waals surface area contributed by atoms with Gasteiger partial charge >= 0.3 is 5.97 Å². The number of carboxylic acids is 1. The fourth-order valence-electron chi connectivity index (χ4n) is 2.10. The van der Waals surface area contributed by atoms with E-state index in [1.54, 1.807) is 24.3 Å². The van der Waals surface area contributed by atoms with Crippen molar-refractivity contribution in [2.75, 3.05) is 0 Å². The predicted octanol–water partition coefficient (Wildman–Crippen LogP) is 3.27. The molecule has 18 heavy (non-hydrogen) atoms. The van der Waals surface area contributed by atoms with Crippen molar-refractivity contribution in [2.24, 2.45) is 5.92 Å². The summed E-state index contributed by atoms with van der Waals surface area (Å²) in [5.41, 5.74) is 0.787. The molecule has 0 radical (unpaired) electrons. The molecule has 1 saturated carbocycles. The minimum atomic E-state index is -0.778. The molecule has 1 aliphatic rings. The van der Waals surface area contributed by atoms with Crippen LogP contribution in [0.5, 0.6) is 0 Å². The Morgan fingerprint density at radius 3 is 2.56 bits per heavy atom. The van der Waals surface area contributed by atoms with Crippen LogP contribution in [0.2, 0.25) is 0 Å². The van der Waals surface area contributed by atoms with Gasteiger partial charge in [0.1, 0.15) is 17.3 Å². The number of rotatable bonds is 3. The van der Waals surface area contributed by atoms with Crippen LogP contribution in [-0.2, 0) is 4.79 Å². The van der Waals surface area contributed by atoms with E-state index in [-0.39, 0.29) is 17.7 Å². The van der Waals surface area contributed by atoms with E-state index in [2.05, 4.69) is 0 Å². The molecule has 0 aliphatic heterocycles. The lowest BCUT2D eigenvalue weighted by Crippen LogP contribution is -1.98. The molecular formula is C14H11FO3. The molecule has 1 aromatic heterocycles. The topological polar surface area (TPSA) is 50.4 Å². The summed E-state index contributed by atoms with van der Waals surface area (Å²) in [7, 11) is 0. The van der Waals surface area contributed by atoms with Crippen molar-refractivity contribution < 1.29 is 18.7 Å². The molecule has 0 amide bonds. The zero-order valence-corrected chi connectivity index (χ0v) is 9.47. The van der Waals surface area contributed by atoms with Crippen LogP contribution in [0.15, 0.2) is 40.8 Å². The number of hydrogen-bond donors (Lipinski definition) is 1. The van der Waals surface area contributed by atoms with Gasteiger partial charge in [-0.05, 0) is 42.8 Å². The molecule has 1 aromatic carbocycles. The van der Waals surface area contributed by atoms with Crippen LogP contribution in [0.3, 0.4) is 0 Å². The van der Waals surface area contributed by atoms with Gasteiger partial charge in [0.15, 0.2) is 0 Å². The van der Waals surface area contributed by atoms with E-state index in [0.29, 0.717) is 17.9 Å². The first kappa shape index (κ1) is 11.0. The summed E-state index contributed by atoms with van der Waals surface area (Å²) in [6.45, 7) is 0.